The first-order valence-electron chi connectivity index (χ1n) is 6.23. The summed E-state index contributed by atoms with van der Waals surface area (Å²) in [7, 11) is 0. The molecule has 0 bridgehead atoms. The second-order valence-corrected chi connectivity index (χ2v) is 4.19. The van der Waals surface area contributed by atoms with Crippen LogP contribution < -0.4 is 29.6 Å². The van der Waals surface area contributed by atoms with Crippen molar-refractivity contribution in [1.82, 2.24) is 9.97 Å². The van der Waals surface area contributed by atoms with E-state index in [1.807, 2.05) is 0 Å². The number of aromatic nitrogens is 2. The molecule has 0 aliphatic rings. The first-order valence-corrected chi connectivity index (χ1v) is 6.61. The number of carbonyl (C=O) groups is 2. The summed E-state index contributed by atoms with van der Waals surface area (Å²) in [5.74, 6) is -2.81. The quantitative estimate of drug-likeness (QED) is 0.114. The first-order chi connectivity index (χ1) is 10.3. The Hall–Kier alpha value is -1.42. The van der Waals surface area contributed by atoms with Crippen LogP contribution in [0.4, 0.5) is 5.69 Å². The minimum Gasteiger partial charge on any atom is -0.476 e. The largest absolute Gasteiger partial charge is 1.00 e. The van der Waals surface area contributed by atoms with Crippen LogP contribution in [-0.4, -0.2) is 40.0 Å². The van der Waals surface area contributed by atoms with E-state index in [0.29, 0.717) is 0 Å². The molecule has 0 aliphatic carbocycles. The Kier molecular flexibility index (Phi) is 9.06. The fourth-order valence-corrected chi connectivity index (χ4v) is 1.83. The molecule has 23 heavy (non-hydrogen) atoms. The summed E-state index contributed by atoms with van der Waals surface area (Å²) >= 11 is 5.73. The van der Waals surface area contributed by atoms with Gasteiger partial charge in [-0.15, -0.1) is 0 Å². The minimum atomic E-state index is -1.08. The summed E-state index contributed by atoms with van der Waals surface area (Å²) in [6.45, 7) is 4.38. The summed E-state index contributed by atoms with van der Waals surface area (Å²) in [5.41, 5.74) is -1.29. The number of aryl methyl sites for hydroxylation is 1. The Morgan fingerprint density at radius 3 is 2.09 bits per heavy atom. The molecule has 0 saturated carbocycles. The van der Waals surface area contributed by atoms with Gasteiger partial charge in [0.05, 0.1) is 13.2 Å². The summed E-state index contributed by atoms with van der Waals surface area (Å²) in [6.07, 6.45) is 0. The zero-order valence-electron chi connectivity index (χ0n) is 13.1. The Labute approximate surface area is 159 Å². The van der Waals surface area contributed by atoms with Crippen LogP contribution in [0.1, 0.15) is 25.4 Å². The van der Waals surface area contributed by atoms with E-state index < -0.39 is 39.3 Å². The molecule has 9 nitrogen and oxygen atoms in total. The Bertz CT molecular complexity index is 595. The number of rotatable bonds is 6. The number of nitrogens with zero attached hydrogens (tertiary/aromatic N) is 3. The Morgan fingerprint density at radius 1 is 1.22 bits per heavy atom. The second kappa shape index (κ2) is 9.66. The molecule has 0 unspecified atom stereocenters. The van der Waals surface area contributed by atoms with Crippen molar-refractivity contribution in [2.45, 2.75) is 20.8 Å². The Balaban J connectivity index is 0.00000484. The van der Waals surface area contributed by atoms with Crippen LogP contribution in [0.15, 0.2) is 0 Å². The molecule has 1 aromatic heterocycles. The zero-order chi connectivity index (χ0) is 16.9. The van der Waals surface area contributed by atoms with Crippen LogP contribution in [0, 0.1) is 23.0 Å². The monoisotopic (exact) mass is 353 g/mol. The molecular weight excluding hydrogens is 341 g/mol. The maximum absolute atomic E-state index is 12.0. The van der Waals surface area contributed by atoms with Crippen molar-refractivity contribution in [3.63, 3.8) is 0 Å². The van der Waals surface area contributed by atoms with Gasteiger partial charge in [-0.3, -0.25) is 24.7 Å². The summed E-state index contributed by atoms with van der Waals surface area (Å²) < 4.78 is 9.47. The molecule has 1 heterocycles. The number of carbonyl (C=O) groups excluding carboxylic acids is 2. The van der Waals surface area contributed by atoms with Gasteiger partial charge in [0.1, 0.15) is 11.0 Å². The van der Waals surface area contributed by atoms with E-state index in [9.17, 15) is 19.7 Å². The average Bonchev–Trinajstić information content (AvgIpc) is 2.38. The number of hydrogen-bond acceptors (Lipinski definition) is 8. The third-order valence-electron chi connectivity index (χ3n) is 2.33. The van der Waals surface area contributed by atoms with E-state index in [4.69, 9.17) is 21.1 Å². The van der Waals surface area contributed by atoms with E-state index >= 15 is 0 Å². The molecule has 1 rings (SSSR count). The van der Waals surface area contributed by atoms with Crippen molar-refractivity contribution in [2.24, 2.45) is 0 Å². The molecule has 0 saturated heterocycles. The van der Waals surface area contributed by atoms with Gasteiger partial charge in [0, 0.05) is 11.6 Å². The molecule has 0 N–H and O–H groups in total. The molecule has 0 amide bonds. The SMILES string of the molecule is CCOC(=O)[C-](C(=O)OCC)c1nc(C)nc(Cl)c1[N+](=O)[O-].[Na+]. The molecule has 11 heteroatoms. The minimum absolute atomic E-state index is 0. The normalized spacial score (nSPS) is 9.57. The number of nitro groups is 1. The van der Waals surface area contributed by atoms with Crippen molar-refractivity contribution in [3.05, 3.63) is 32.7 Å². The molecule has 0 atom stereocenters. The third-order valence-corrected chi connectivity index (χ3v) is 2.60. The van der Waals surface area contributed by atoms with Gasteiger partial charge < -0.3 is 9.47 Å². The number of hydrogen-bond donors (Lipinski definition) is 0. The van der Waals surface area contributed by atoms with Crippen LogP contribution >= 0.6 is 11.6 Å². The van der Waals surface area contributed by atoms with Crippen molar-refractivity contribution < 1.29 is 53.5 Å². The van der Waals surface area contributed by atoms with Gasteiger partial charge >= 0.3 is 29.6 Å². The maximum Gasteiger partial charge on any atom is 1.00 e. The molecule has 0 spiro atoms. The fourth-order valence-electron chi connectivity index (χ4n) is 1.55. The van der Waals surface area contributed by atoms with Gasteiger partial charge in [0.2, 0.25) is 0 Å². The van der Waals surface area contributed by atoms with Crippen LogP contribution in [0.2, 0.25) is 5.15 Å². The van der Waals surface area contributed by atoms with Gasteiger partial charge in [-0.25, -0.2) is 4.98 Å². The van der Waals surface area contributed by atoms with Crippen LogP contribution in [0.25, 0.3) is 0 Å². The van der Waals surface area contributed by atoms with E-state index in [1.165, 1.54) is 20.8 Å². The van der Waals surface area contributed by atoms with E-state index in [2.05, 4.69) is 9.97 Å². The topological polar surface area (TPSA) is 122 Å². The summed E-state index contributed by atoms with van der Waals surface area (Å²) in [6, 6.07) is 0. The van der Waals surface area contributed by atoms with Gasteiger partial charge in [-0.2, -0.15) is 0 Å². The molecule has 0 aliphatic heterocycles. The van der Waals surface area contributed by atoms with Gasteiger partial charge in [-0.05, 0) is 25.7 Å². The fraction of sp³-hybridized carbons (Fsp3) is 0.417. The van der Waals surface area contributed by atoms with Crippen LogP contribution in [0.5, 0.6) is 0 Å². The predicted octanol–water partition coefficient (Wildman–Crippen LogP) is -1.60. The first kappa shape index (κ1) is 21.6. The third kappa shape index (κ3) is 5.31. The Morgan fingerprint density at radius 2 is 1.70 bits per heavy atom. The number of halogens is 1. The van der Waals surface area contributed by atoms with Gasteiger partial charge in [-0.1, -0.05) is 11.6 Å². The van der Waals surface area contributed by atoms with E-state index in [1.54, 1.807) is 0 Å². The standard InChI is InChI=1S/C12H13ClN3O6.Na/c1-4-21-11(17)7(12(18)22-5-2)8-9(16(19)20)10(13)15-6(3)14-8;/h4-5H2,1-3H3;/q-1;+1. The smallest absolute Gasteiger partial charge is 0.476 e. The van der Waals surface area contributed by atoms with Crippen molar-refractivity contribution in [3.8, 4) is 0 Å². The van der Waals surface area contributed by atoms with Gasteiger partial charge in [0.15, 0.2) is 5.69 Å². The second-order valence-electron chi connectivity index (χ2n) is 3.83. The zero-order valence-corrected chi connectivity index (χ0v) is 15.8. The van der Waals surface area contributed by atoms with Crippen molar-refractivity contribution in [1.29, 1.82) is 0 Å². The average molecular weight is 354 g/mol. The van der Waals surface area contributed by atoms with E-state index in [0.717, 1.165) is 0 Å². The molecule has 0 fully saturated rings. The number of esters is 2. The molecule has 120 valence electrons. The predicted molar refractivity (Wildman–Crippen MR) is 74.0 cm³/mol. The molecule has 0 radical (unpaired) electrons. The maximum atomic E-state index is 12.0. The summed E-state index contributed by atoms with van der Waals surface area (Å²) in [5, 5.41) is 10.7. The molecular formula is C12H13ClN3NaO6. The number of ether oxygens (including phenoxy) is 2. The van der Waals surface area contributed by atoms with E-state index in [-0.39, 0.29) is 48.6 Å². The van der Waals surface area contributed by atoms with Crippen LogP contribution in [0.3, 0.4) is 0 Å². The summed E-state index contributed by atoms with van der Waals surface area (Å²) in [4.78, 5) is 41.6. The van der Waals surface area contributed by atoms with Crippen molar-refractivity contribution in [2.75, 3.05) is 13.2 Å². The van der Waals surface area contributed by atoms with Gasteiger partial charge in [0.25, 0.3) is 11.9 Å². The van der Waals surface area contributed by atoms with Crippen molar-refractivity contribution >= 4 is 29.2 Å². The van der Waals surface area contributed by atoms with Crippen LogP contribution in [-0.2, 0) is 19.1 Å². The molecule has 1 aromatic rings. The molecule has 0 aromatic carbocycles.